The second kappa shape index (κ2) is 14.3. The van der Waals surface area contributed by atoms with Gasteiger partial charge in [0, 0.05) is 20.6 Å². The van der Waals surface area contributed by atoms with E-state index in [4.69, 9.17) is 4.74 Å². The molecule has 48 heavy (non-hydrogen) atoms. The molecule has 0 bridgehead atoms. The van der Waals surface area contributed by atoms with E-state index in [1.54, 1.807) is 86.0 Å². The summed E-state index contributed by atoms with van der Waals surface area (Å²) in [5, 5.41) is 9.98. The lowest BCUT2D eigenvalue weighted by molar-refractivity contribution is -0.144. The van der Waals surface area contributed by atoms with Crippen molar-refractivity contribution in [2.24, 2.45) is 22.7 Å². The lowest BCUT2D eigenvalue weighted by Crippen LogP contribution is -2.60. The van der Waals surface area contributed by atoms with Crippen LogP contribution in [0.4, 0.5) is 4.79 Å². The molecule has 6 amide bonds. The molecule has 0 radical (unpaired) electrons. The Labute approximate surface area is 282 Å². The Hall–Kier alpha value is -4.49. The summed E-state index contributed by atoms with van der Waals surface area (Å²) in [5.41, 5.74) is -1.19. The molecule has 1 aliphatic carbocycles. The van der Waals surface area contributed by atoms with Crippen molar-refractivity contribution in [1.82, 2.24) is 31.1 Å². The molecular formula is C34H50N6O8. The Morgan fingerprint density at radius 1 is 0.917 bits per heavy atom. The summed E-state index contributed by atoms with van der Waals surface area (Å²) >= 11 is 0. The molecule has 0 spiro atoms. The van der Waals surface area contributed by atoms with E-state index in [0.29, 0.717) is 12.1 Å². The Bertz CT molecular complexity index is 1430. The third kappa shape index (κ3) is 9.10. The molecule has 0 aromatic heterocycles. The van der Waals surface area contributed by atoms with Crippen LogP contribution >= 0.6 is 0 Å². The lowest BCUT2D eigenvalue weighted by Gasteiger charge is -2.37. The third-order valence-electron chi connectivity index (χ3n) is 8.75. The van der Waals surface area contributed by atoms with Crippen LogP contribution in [0.1, 0.15) is 67.0 Å². The van der Waals surface area contributed by atoms with Gasteiger partial charge in [0.1, 0.15) is 23.7 Å². The van der Waals surface area contributed by atoms with E-state index in [-0.39, 0.29) is 23.2 Å². The number of nitrogens with zero attached hydrogens (tertiary/aromatic N) is 2. The minimum atomic E-state index is -1.10. The van der Waals surface area contributed by atoms with Crippen LogP contribution in [-0.2, 0) is 33.5 Å². The highest BCUT2D eigenvalue weighted by Gasteiger charge is 2.69. The van der Waals surface area contributed by atoms with Gasteiger partial charge in [0.2, 0.25) is 29.4 Å². The number of amides is 6. The van der Waals surface area contributed by atoms with Crippen LogP contribution in [0.5, 0.6) is 0 Å². The fraction of sp³-hybridized carbons (Fsp3) is 0.618. The number of alkyl carbamates (subject to hydrolysis) is 1. The monoisotopic (exact) mass is 670 g/mol. The summed E-state index contributed by atoms with van der Waals surface area (Å²) in [4.78, 5) is 93.4. The summed E-state index contributed by atoms with van der Waals surface area (Å²) < 4.78 is 5.38. The number of likely N-dealkylation sites (tertiary alicyclic amines) is 1. The number of rotatable bonds is 11. The number of fused-ring (bicyclic) bond motifs is 1. The number of Topliss-reactive ketones (excluding diaryl/α,β-unsaturated/α-hetero) is 1. The number of ether oxygens (including phenoxy) is 1. The minimum Gasteiger partial charge on any atom is -0.444 e. The van der Waals surface area contributed by atoms with E-state index in [9.17, 15) is 33.6 Å². The quantitative estimate of drug-likeness (QED) is 0.253. The molecule has 1 aliphatic heterocycles. The summed E-state index contributed by atoms with van der Waals surface area (Å²) in [5.74, 6) is -4.36. The summed E-state index contributed by atoms with van der Waals surface area (Å²) in [7, 11) is 3.10. The maximum absolute atomic E-state index is 13.9. The Morgan fingerprint density at radius 2 is 1.52 bits per heavy atom. The van der Waals surface area contributed by atoms with E-state index in [1.807, 2.05) is 13.8 Å². The SMILES string of the molecule is CN(C)C(=O)[C@@H](NC(=O)CNC(=O)C(=O)CNC(=O)C1C2C(CN1C(=O)[C@@H](NC(=O)OC(C)(C)C)C(C)(C)C)C2(C)C)c1ccccc1. The maximum atomic E-state index is 13.9. The first kappa shape index (κ1) is 38.0. The molecule has 3 rings (SSSR count). The van der Waals surface area contributed by atoms with Gasteiger partial charge >= 0.3 is 6.09 Å². The molecular weight excluding hydrogens is 620 g/mol. The van der Waals surface area contributed by atoms with E-state index >= 15 is 0 Å². The molecule has 264 valence electrons. The molecule has 1 aromatic rings. The standard InChI is InChI=1S/C34H50N6O8/c1-32(2,3)26(38-31(47)48-33(4,5)6)30(46)40-18-20-23(34(20,7)8)25(40)28(44)35-16-21(41)27(43)36-17-22(42)37-24(29(45)39(9)10)19-14-12-11-13-15-19/h11-15,20,23-26H,16-18H2,1-10H3,(H,35,44)(H,36,43)(H,37,42)(H,38,47)/t20?,23?,24-,25?,26+/m0/s1. The first-order valence-electron chi connectivity index (χ1n) is 16.0. The average Bonchev–Trinajstić information content (AvgIpc) is 3.29. The minimum absolute atomic E-state index is 0.0379. The highest BCUT2D eigenvalue weighted by atomic mass is 16.6. The second-order valence-corrected chi connectivity index (χ2v) is 15.3. The first-order chi connectivity index (χ1) is 22.1. The van der Waals surface area contributed by atoms with E-state index < -0.39 is 77.7 Å². The number of carbonyl (C=O) groups is 7. The molecule has 1 saturated heterocycles. The number of likely N-dealkylation sites (N-methyl/N-ethyl adjacent to an activating group) is 1. The normalized spacial score (nSPS) is 20.7. The number of hydrogen-bond acceptors (Lipinski definition) is 8. The number of nitrogens with one attached hydrogen (secondary N) is 4. The van der Waals surface area contributed by atoms with Gasteiger partial charge in [0.15, 0.2) is 0 Å². The fourth-order valence-corrected chi connectivity index (χ4v) is 6.07. The van der Waals surface area contributed by atoms with Crippen molar-refractivity contribution in [2.75, 3.05) is 33.7 Å². The first-order valence-corrected chi connectivity index (χ1v) is 16.0. The van der Waals surface area contributed by atoms with Gasteiger partial charge in [0.05, 0.1) is 13.1 Å². The summed E-state index contributed by atoms with van der Waals surface area (Å²) in [6, 6.07) is 5.66. The molecule has 1 aromatic carbocycles. The number of hydrogen-bond donors (Lipinski definition) is 4. The Morgan fingerprint density at radius 3 is 2.06 bits per heavy atom. The van der Waals surface area contributed by atoms with Crippen LogP contribution in [0.15, 0.2) is 30.3 Å². The van der Waals surface area contributed by atoms with Crippen molar-refractivity contribution >= 4 is 41.4 Å². The van der Waals surface area contributed by atoms with Crippen LogP contribution < -0.4 is 21.3 Å². The number of carbonyl (C=O) groups excluding carboxylic acids is 7. The van der Waals surface area contributed by atoms with Gasteiger partial charge in [-0.15, -0.1) is 0 Å². The van der Waals surface area contributed by atoms with Crippen molar-refractivity contribution in [2.45, 2.75) is 79.1 Å². The average molecular weight is 671 g/mol. The van der Waals surface area contributed by atoms with E-state index in [1.165, 1.54) is 9.80 Å². The van der Waals surface area contributed by atoms with Gasteiger partial charge in [-0.25, -0.2) is 4.79 Å². The van der Waals surface area contributed by atoms with Crippen LogP contribution in [0.25, 0.3) is 0 Å². The molecule has 1 saturated carbocycles. The Balaban J connectivity index is 1.62. The molecule has 1 heterocycles. The molecule has 3 unspecified atom stereocenters. The zero-order chi connectivity index (χ0) is 36.4. The van der Waals surface area contributed by atoms with Crippen molar-refractivity contribution in [1.29, 1.82) is 0 Å². The van der Waals surface area contributed by atoms with E-state index in [2.05, 4.69) is 21.3 Å². The van der Waals surface area contributed by atoms with Crippen molar-refractivity contribution < 1.29 is 38.3 Å². The predicted octanol–water partition coefficient (Wildman–Crippen LogP) is 1.16. The molecule has 4 N–H and O–H groups in total. The van der Waals surface area contributed by atoms with Gasteiger partial charge in [-0.3, -0.25) is 28.8 Å². The molecule has 5 atom stereocenters. The van der Waals surface area contributed by atoms with Gasteiger partial charge in [-0.1, -0.05) is 65.0 Å². The number of piperidine rings is 1. The van der Waals surface area contributed by atoms with Crippen LogP contribution in [0.2, 0.25) is 0 Å². The largest absolute Gasteiger partial charge is 0.444 e. The topological polar surface area (TPSA) is 183 Å². The molecule has 2 aliphatic rings. The smallest absolute Gasteiger partial charge is 0.408 e. The maximum Gasteiger partial charge on any atom is 0.408 e. The fourth-order valence-electron chi connectivity index (χ4n) is 6.07. The van der Waals surface area contributed by atoms with Crippen LogP contribution in [-0.4, -0.2) is 103 Å². The van der Waals surface area contributed by atoms with Gasteiger partial charge in [-0.05, 0) is 49.0 Å². The third-order valence-corrected chi connectivity index (χ3v) is 8.75. The number of benzene rings is 1. The molecule has 14 nitrogen and oxygen atoms in total. The zero-order valence-corrected chi connectivity index (χ0v) is 29.6. The van der Waals surface area contributed by atoms with Crippen molar-refractivity contribution in [3.8, 4) is 0 Å². The highest BCUT2D eigenvalue weighted by Crippen LogP contribution is 2.65. The number of ketones is 1. The predicted molar refractivity (Wildman–Crippen MR) is 176 cm³/mol. The van der Waals surface area contributed by atoms with Crippen LogP contribution in [0.3, 0.4) is 0 Å². The zero-order valence-electron chi connectivity index (χ0n) is 29.6. The van der Waals surface area contributed by atoms with Gasteiger partial charge < -0.3 is 35.8 Å². The van der Waals surface area contributed by atoms with E-state index in [0.717, 1.165) is 0 Å². The summed E-state index contributed by atoms with van der Waals surface area (Å²) in [6.07, 6.45) is -0.758. The lowest BCUT2D eigenvalue weighted by atomic mass is 9.85. The van der Waals surface area contributed by atoms with Gasteiger partial charge in [-0.2, -0.15) is 0 Å². The molecule has 2 fully saturated rings. The molecule has 14 heteroatoms. The Kier molecular flexibility index (Phi) is 11.3. The van der Waals surface area contributed by atoms with Crippen molar-refractivity contribution in [3.05, 3.63) is 35.9 Å². The van der Waals surface area contributed by atoms with Crippen LogP contribution in [0, 0.1) is 22.7 Å². The van der Waals surface area contributed by atoms with Gasteiger partial charge in [0.25, 0.3) is 5.91 Å². The van der Waals surface area contributed by atoms with Crippen molar-refractivity contribution in [3.63, 3.8) is 0 Å². The summed E-state index contributed by atoms with van der Waals surface area (Å²) in [6.45, 7) is 13.6. The highest BCUT2D eigenvalue weighted by molar-refractivity contribution is 6.37. The second-order valence-electron chi connectivity index (χ2n) is 15.3.